The molecule has 0 atom stereocenters. The second-order valence-corrected chi connectivity index (χ2v) is 7.85. The molecule has 0 saturated heterocycles. The van der Waals surface area contributed by atoms with Crippen LogP contribution in [-0.4, -0.2) is 22.3 Å². The van der Waals surface area contributed by atoms with Crippen LogP contribution >= 0.6 is 23.2 Å². The summed E-state index contributed by atoms with van der Waals surface area (Å²) in [6.07, 6.45) is 3.23. The van der Waals surface area contributed by atoms with E-state index in [0.717, 1.165) is 11.3 Å². The molecule has 0 fully saturated rings. The molecule has 9 heteroatoms. The summed E-state index contributed by atoms with van der Waals surface area (Å²) >= 11 is 12.4. The van der Waals surface area contributed by atoms with E-state index in [1.165, 1.54) is 0 Å². The fourth-order valence-corrected chi connectivity index (χ4v) is 3.60. The Balaban J connectivity index is 1.32. The van der Waals surface area contributed by atoms with E-state index < -0.39 is 5.91 Å². The van der Waals surface area contributed by atoms with E-state index >= 15 is 0 Å². The first kappa shape index (κ1) is 22.8. The minimum Gasteiger partial charge on any atom is -0.494 e. The zero-order valence-electron chi connectivity index (χ0n) is 17.8. The van der Waals surface area contributed by atoms with Crippen molar-refractivity contribution in [1.82, 2.24) is 9.78 Å². The van der Waals surface area contributed by atoms with Crippen LogP contribution in [0.4, 0.5) is 5.69 Å². The third-order valence-electron chi connectivity index (χ3n) is 4.67. The predicted octanol–water partition coefficient (Wildman–Crippen LogP) is 6.06. The molecule has 0 aliphatic carbocycles. The van der Waals surface area contributed by atoms with Crippen LogP contribution in [0.1, 0.15) is 28.8 Å². The highest BCUT2D eigenvalue weighted by atomic mass is 35.5. The molecule has 4 aromatic rings. The number of nitrogens with zero attached hydrogens (tertiary/aromatic N) is 2. The monoisotopic (exact) mass is 485 g/mol. The van der Waals surface area contributed by atoms with Crippen molar-refractivity contribution in [1.29, 1.82) is 0 Å². The van der Waals surface area contributed by atoms with Gasteiger partial charge < -0.3 is 19.2 Å². The minimum atomic E-state index is -0.391. The van der Waals surface area contributed by atoms with E-state index in [9.17, 15) is 4.79 Å². The molecule has 0 radical (unpaired) electrons. The Labute approximate surface area is 200 Å². The second kappa shape index (κ2) is 10.5. The van der Waals surface area contributed by atoms with Gasteiger partial charge in [0.2, 0.25) is 0 Å². The van der Waals surface area contributed by atoms with E-state index in [-0.39, 0.29) is 12.4 Å². The number of halogens is 2. The largest absolute Gasteiger partial charge is 0.494 e. The average molecular weight is 486 g/mol. The summed E-state index contributed by atoms with van der Waals surface area (Å²) in [5, 5.41) is 8.12. The molecule has 1 amide bonds. The van der Waals surface area contributed by atoms with Crippen LogP contribution in [0.25, 0.3) is 0 Å². The van der Waals surface area contributed by atoms with Crippen LogP contribution in [0.3, 0.4) is 0 Å². The maximum atomic E-state index is 12.5. The molecule has 1 N–H and O–H groups in total. The van der Waals surface area contributed by atoms with Crippen LogP contribution in [0.15, 0.2) is 71.4 Å². The fraction of sp³-hybridized carbons (Fsp3) is 0.167. The molecule has 0 aliphatic heterocycles. The highest BCUT2D eigenvalue weighted by Gasteiger charge is 2.14. The molecule has 7 nitrogen and oxygen atoms in total. The normalized spacial score (nSPS) is 10.8. The van der Waals surface area contributed by atoms with Crippen molar-refractivity contribution in [2.24, 2.45) is 0 Å². The maximum Gasteiger partial charge on any atom is 0.291 e. The summed E-state index contributed by atoms with van der Waals surface area (Å²) in [6, 6.07) is 15.9. The van der Waals surface area contributed by atoms with Crippen molar-refractivity contribution in [3.63, 3.8) is 0 Å². The number of carbonyl (C=O) groups excluding carboxylic acids is 1. The molecule has 2 heterocycles. The van der Waals surface area contributed by atoms with Crippen LogP contribution in [-0.2, 0) is 13.2 Å². The molecule has 0 unspecified atom stereocenters. The first-order chi connectivity index (χ1) is 16.0. The van der Waals surface area contributed by atoms with Gasteiger partial charge in [-0.1, -0.05) is 29.3 Å². The Hall–Kier alpha value is -3.42. The summed E-state index contributed by atoms with van der Waals surface area (Å²) in [7, 11) is 0. The lowest BCUT2D eigenvalue weighted by atomic mass is 10.2. The van der Waals surface area contributed by atoms with Crippen LogP contribution in [0, 0.1) is 0 Å². The topological polar surface area (TPSA) is 78.5 Å². The number of furan rings is 1. The van der Waals surface area contributed by atoms with Gasteiger partial charge in [0.1, 0.15) is 23.9 Å². The molecule has 0 aliphatic rings. The summed E-state index contributed by atoms with van der Waals surface area (Å²) in [6.45, 7) is 3.10. The van der Waals surface area contributed by atoms with E-state index in [0.29, 0.717) is 40.4 Å². The zero-order chi connectivity index (χ0) is 23.2. The average Bonchev–Trinajstić information content (AvgIpc) is 3.46. The van der Waals surface area contributed by atoms with E-state index in [1.807, 2.05) is 31.2 Å². The molecule has 0 saturated carbocycles. The molecule has 33 heavy (non-hydrogen) atoms. The molecular weight excluding hydrogens is 465 g/mol. The first-order valence-electron chi connectivity index (χ1n) is 10.2. The van der Waals surface area contributed by atoms with Gasteiger partial charge in [0.25, 0.3) is 5.91 Å². The summed E-state index contributed by atoms with van der Waals surface area (Å²) < 4.78 is 18.4. The van der Waals surface area contributed by atoms with E-state index in [4.69, 9.17) is 37.1 Å². The standard InChI is InChI=1S/C24H21Cl2N3O4/c1-2-31-17-6-8-18(9-7-17)32-15-19-10-11-23(33-19)24(30)28-16-12-27-29(13-16)14-20-21(25)4-3-5-22(20)26/h3-13H,2,14-15H2,1H3,(H,28,30). The van der Waals surface area contributed by atoms with Crippen molar-refractivity contribution < 1.29 is 18.7 Å². The number of carbonyl (C=O) groups is 1. The van der Waals surface area contributed by atoms with Gasteiger partial charge in [-0.15, -0.1) is 0 Å². The van der Waals surface area contributed by atoms with Gasteiger partial charge >= 0.3 is 0 Å². The molecular formula is C24H21Cl2N3O4. The number of hydrogen-bond donors (Lipinski definition) is 1. The lowest BCUT2D eigenvalue weighted by molar-refractivity contribution is 0.0992. The number of benzene rings is 2. The maximum absolute atomic E-state index is 12.5. The lowest BCUT2D eigenvalue weighted by Gasteiger charge is -2.06. The first-order valence-corrected chi connectivity index (χ1v) is 11.0. The number of hydrogen-bond acceptors (Lipinski definition) is 5. The van der Waals surface area contributed by atoms with Crippen LogP contribution in [0.2, 0.25) is 10.0 Å². The Morgan fingerprint density at radius 3 is 2.42 bits per heavy atom. The highest BCUT2D eigenvalue weighted by molar-refractivity contribution is 6.35. The van der Waals surface area contributed by atoms with Crippen LogP contribution < -0.4 is 14.8 Å². The van der Waals surface area contributed by atoms with E-state index in [1.54, 1.807) is 47.4 Å². The molecule has 0 bridgehead atoms. The second-order valence-electron chi connectivity index (χ2n) is 7.04. The number of aromatic nitrogens is 2. The number of nitrogens with one attached hydrogen (secondary N) is 1. The molecule has 2 aromatic carbocycles. The molecule has 170 valence electrons. The number of ether oxygens (including phenoxy) is 2. The fourth-order valence-electron chi connectivity index (χ4n) is 3.08. The van der Waals surface area contributed by atoms with Crippen molar-refractivity contribution in [3.05, 3.63) is 94.1 Å². The van der Waals surface area contributed by atoms with Gasteiger partial charge in [0.15, 0.2) is 5.76 Å². The van der Waals surface area contributed by atoms with Crippen molar-refractivity contribution in [2.45, 2.75) is 20.1 Å². The molecule has 0 spiro atoms. The number of rotatable bonds is 9. The van der Waals surface area contributed by atoms with Crippen molar-refractivity contribution in [3.8, 4) is 11.5 Å². The third-order valence-corrected chi connectivity index (χ3v) is 5.38. The Morgan fingerprint density at radius 2 is 1.73 bits per heavy atom. The Bertz CT molecular complexity index is 1210. The third kappa shape index (κ3) is 5.88. The number of anilines is 1. The van der Waals surface area contributed by atoms with Gasteiger partial charge in [-0.3, -0.25) is 9.48 Å². The Kier molecular flexibility index (Phi) is 7.22. The number of amides is 1. The van der Waals surface area contributed by atoms with Crippen molar-refractivity contribution >= 4 is 34.8 Å². The smallest absolute Gasteiger partial charge is 0.291 e. The predicted molar refractivity (Wildman–Crippen MR) is 126 cm³/mol. The van der Waals surface area contributed by atoms with Crippen molar-refractivity contribution in [2.75, 3.05) is 11.9 Å². The summed E-state index contributed by atoms with van der Waals surface area (Å²) in [4.78, 5) is 12.5. The molecule has 2 aromatic heterocycles. The zero-order valence-corrected chi connectivity index (χ0v) is 19.3. The highest BCUT2D eigenvalue weighted by Crippen LogP contribution is 2.25. The molecule has 4 rings (SSSR count). The van der Waals surface area contributed by atoms with Gasteiger partial charge in [-0.05, 0) is 55.5 Å². The SMILES string of the molecule is CCOc1ccc(OCc2ccc(C(=O)Nc3cnn(Cc4c(Cl)cccc4Cl)c3)o2)cc1. The van der Waals surface area contributed by atoms with Crippen LogP contribution in [0.5, 0.6) is 11.5 Å². The minimum absolute atomic E-state index is 0.169. The van der Waals surface area contributed by atoms with Gasteiger partial charge in [0.05, 0.1) is 25.0 Å². The quantitative estimate of drug-likeness (QED) is 0.311. The summed E-state index contributed by atoms with van der Waals surface area (Å²) in [5.74, 6) is 1.75. The van der Waals surface area contributed by atoms with Gasteiger partial charge in [-0.25, -0.2) is 0 Å². The van der Waals surface area contributed by atoms with Gasteiger partial charge in [0, 0.05) is 21.8 Å². The summed E-state index contributed by atoms with van der Waals surface area (Å²) in [5.41, 5.74) is 1.27. The van der Waals surface area contributed by atoms with E-state index in [2.05, 4.69) is 10.4 Å². The lowest BCUT2D eigenvalue weighted by Crippen LogP contribution is -2.10. The Morgan fingerprint density at radius 1 is 1.03 bits per heavy atom. The van der Waals surface area contributed by atoms with Gasteiger partial charge in [-0.2, -0.15) is 5.10 Å².